The lowest BCUT2D eigenvalue weighted by Gasteiger charge is -2.15. The van der Waals surface area contributed by atoms with Crippen LogP contribution in [0.4, 0.5) is 17.3 Å². The molecule has 1 unspecified atom stereocenters. The van der Waals surface area contributed by atoms with E-state index < -0.39 is 35.4 Å². The summed E-state index contributed by atoms with van der Waals surface area (Å²) in [5, 5.41) is -0.563. The minimum absolute atomic E-state index is 0.0659. The second-order valence-corrected chi connectivity index (χ2v) is 9.16. The predicted octanol–water partition coefficient (Wildman–Crippen LogP) is 2.12. The monoisotopic (exact) mass is 537 g/mol. The lowest BCUT2D eigenvalue weighted by atomic mass is 10.1. The van der Waals surface area contributed by atoms with Crippen LogP contribution in [0.3, 0.4) is 0 Å². The van der Waals surface area contributed by atoms with Crippen LogP contribution < -0.4 is 25.8 Å². The summed E-state index contributed by atoms with van der Waals surface area (Å²) in [5.74, 6) is -0.906. The van der Waals surface area contributed by atoms with Crippen LogP contribution in [0, 0.1) is 0 Å². The molecule has 3 aromatic rings. The molecule has 2 heterocycles. The predicted molar refractivity (Wildman–Crippen MR) is 138 cm³/mol. The molecule has 12 nitrogen and oxygen atoms in total. The number of thioether (sulfide) groups is 1. The molecule has 0 saturated carbocycles. The van der Waals surface area contributed by atoms with Crippen LogP contribution in [-0.2, 0) is 14.3 Å². The number of nitrogen functional groups attached to an aromatic ring is 2. The highest BCUT2D eigenvalue weighted by atomic mass is 32.2. The fourth-order valence-electron chi connectivity index (χ4n) is 3.66. The van der Waals surface area contributed by atoms with Gasteiger partial charge < -0.3 is 25.7 Å². The number of carbonyl (C=O) groups excluding carboxylic acids is 4. The maximum atomic E-state index is 12.9. The summed E-state index contributed by atoms with van der Waals surface area (Å²) in [6.07, 6.45) is -0.0659. The smallest absolute Gasteiger partial charge is 0.338 e. The number of Topliss-reactive ketones (excluding diaryl/α,β-unsaturated/α-hetero) is 1. The molecule has 13 heteroatoms. The van der Waals surface area contributed by atoms with Crippen LogP contribution in [-0.4, -0.2) is 59.6 Å². The van der Waals surface area contributed by atoms with Gasteiger partial charge in [0.05, 0.1) is 25.5 Å². The first-order valence-electron chi connectivity index (χ1n) is 11.2. The Balaban J connectivity index is 1.38. The van der Waals surface area contributed by atoms with Gasteiger partial charge in [-0.1, -0.05) is 11.8 Å². The van der Waals surface area contributed by atoms with E-state index >= 15 is 0 Å². The lowest BCUT2D eigenvalue weighted by Crippen LogP contribution is -2.31. The third-order valence-electron chi connectivity index (χ3n) is 5.50. The first kappa shape index (κ1) is 26.4. The van der Waals surface area contributed by atoms with Crippen molar-refractivity contribution in [3.8, 4) is 11.5 Å². The van der Waals surface area contributed by atoms with Crippen molar-refractivity contribution in [3.63, 3.8) is 0 Å². The molecule has 1 aromatic heterocycles. The van der Waals surface area contributed by atoms with Gasteiger partial charge in [-0.15, -0.1) is 0 Å². The van der Waals surface area contributed by atoms with E-state index in [0.717, 1.165) is 16.7 Å². The largest absolute Gasteiger partial charge is 0.493 e. The van der Waals surface area contributed by atoms with E-state index in [9.17, 15) is 19.2 Å². The Morgan fingerprint density at radius 1 is 0.947 bits per heavy atom. The summed E-state index contributed by atoms with van der Waals surface area (Å²) in [4.78, 5) is 59.6. The number of rotatable bonds is 9. The van der Waals surface area contributed by atoms with Crippen molar-refractivity contribution in [2.45, 2.75) is 16.8 Å². The van der Waals surface area contributed by atoms with Gasteiger partial charge in [0, 0.05) is 18.1 Å². The summed E-state index contributed by atoms with van der Waals surface area (Å²) in [6, 6.07) is 11.7. The van der Waals surface area contributed by atoms with E-state index in [-0.39, 0.29) is 40.0 Å². The van der Waals surface area contributed by atoms with Crippen LogP contribution in [0.25, 0.3) is 0 Å². The normalized spacial score (nSPS) is 14.9. The van der Waals surface area contributed by atoms with Gasteiger partial charge >= 0.3 is 5.97 Å². The molecule has 0 bridgehead atoms. The van der Waals surface area contributed by atoms with Gasteiger partial charge in [-0.05, 0) is 42.5 Å². The van der Waals surface area contributed by atoms with Gasteiger partial charge in [-0.25, -0.2) is 19.7 Å². The van der Waals surface area contributed by atoms with E-state index in [2.05, 4.69) is 9.97 Å². The number of ether oxygens (including phenoxy) is 3. The van der Waals surface area contributed by atoms with E-state index in [0.29, 0.717) is 11.5 Å². The van der Waals surface area contributed by atoms with E-state index in [1.807, 2.05) is 0 Å². The zero-order chi connectivity index (χ0) is 27.4. The zero-order valence-corrected chi connectivity index (χ0v) is 21.2. The Morgan fingerprint density at radius 2 is 1.58 bits per heavy atom. The van der Waals surface area contributed by atoms with Gasteiger partial charge in [0.2, 0.25) is 11.8 Å². The quantitative estimate of drug-likeness (QED) is 0.176. The molecule has 2 aromatic carbocycles. The molecule has 1 saturated heterocycles. The lowest BCUT2D eigenvalue weighted by molar-refractivity contribution is -0.121. The molecule has 4 rings (SSSR count). The first-order valence-corrected chi connectivity index (χ1v) is 12.0. The highest BCUT2D eigenvalue weighted by Gasteiger charge is 2.40. The van der Waals surface area contributed by atoms with Gasteiger partial charge in [0.25, 0.3) is 0 Å². The average molecular weight is 538 g/mol. The molecule has 1 atom stereocenters. The second kappa shape index (κ2) is 11.2. The fourth-order valence-corrected chi connectivity index (χ4v) is 4.67. The number of aromatic nitrogens is 2. The number of amides is 2. The molecular formula is C25H23N5O7S. The SMILES string of the molecule is COc1ccc(C(=O)COC(=O)c2ccc(N3C(=O)CC(Sc4nc(N)cc(N)n4)C3=O)cc2)cc1OC. The molecule has 1 fully saturated rings. The van der Waals surface area contributed by atoms with Gasteiger partial charge in [0.15, 0.2) is 29.0 Å². The second-order valence-electron chi connectivity index (χ2n) is 7.99. The number of imide groups is 1. The molecular weight excluding hydrogens is 514 g/mol. The average Bonchev–Trinajstić information content (AvgIpc) is 3.18. The molecule has 38 heavy (non-hydrogen) atoms. The van der Waals surface area contributed by atoms with E-state index in [1.165, 1.54) is 56.7 Å². The van der Waals surface area contributed by atoms with Crippen molar-refractivity contribution < 1.29 is 33.4 Å². The highest BCUT2D eigenvalue weighted by molar-refractivity contribution is 8.00. The third-order valence-corrected chi connectivity index (χ3v) is 6.55. The van der Waals surface area contributed by atoms with Crippen molar-refractivity contribution in [2.75, 3.05) is 37.2 Å². The molecule has 4 N–H and O–H groups in total. The van der Waals surface area contributed by atoms with Crippen LogP contribution >= 0.6 is 11.8 Å². The summed E-state index contributed by atoms with van der Waals surface area (Å²) >= 11 is 0.994. The summed E-state index contributed by atoms with van der Waals surface area (Å²) in [7, 11) is 2.93. The number of benzene rings is 2. The minimum Gasteiger partial charge on any atom is -0.493 e. The van der Waals surface area contributed by atoms with E-state index in [1.54, 1.807) is 6.07 Å². The maximum absolute atomic E-state index is 12.9. The van der Waals surface area contributed by atoms with Crippen molar-refractivity contribution in [3.05, 3.63) is 59.7 Å². The fraction of sp³-hybridized carbons (Fsp3) is 0.200. The van der Waals surface area contributed by atoms with Crippen LogP contribution in [0.2, 0.25) is 0 Å². The number of hydrogen-bond acceptors (Lipinski definition) is 12. The molecule has 0 spiro atoms. The molecule has 1 aliphatic heterocycles. The molecule has 196 valence electrons. The molecule has 0 radical (unpaired) electrons. The number of esters is 1. The molecule has 1 aliphatic rings. The molecule has 0 aliphatic carbocycles. The topological polar surface area (TPSA) is 177 Å². The van der Waals surface area contributed by atoms with Gasteiger partial charge in [0.1, 0.15) is 16.9 Å². The summed E-state index contributed by atoms with van der Waals surface area (Å²) in [5.41, 5.74) is 12.1. The molecule has 2 amide bonds. The van der Waals surface area contributed by atoms with Crippen LogP contribution in [0.1, 0.15) is 27.1 Å². The number of anilines is 3. The number of methoxy groups -OCH3 is 2. The van der Waals surface area contributed by atoms with Gasteiger partial charge in [-0.3, -0.25) is 14.4 Å². The number of ketones is 1. The Labute approximate surface area is 221 Å². The number of nitrogens with two attached hydrogens (primary N) is 2. The number of hydrogen-bond donors (Lipinski definition) is 2. The number of nitrogens with zero attached hydrogens (tertiary/aromatic N) is 3. The Bertz CT molecular complexity index is 1390. The van der Waals surface area contributed by atoms with Crippen molar-refractivity contribution in [1.82, 2.24) is 9.97 Å². The van der Waals surface area contributed by atoms with E-state index in [4.69, 9.17) is 25.7 Å². The zero-order valence-electron chi connectivity index (χ0n) is 20.4. The summed E-state index contributed by atoms with van der Waals surface area (Å²) < 4.78 is 15.5. The van der Waals surface area contributed by atoms with Crippen LogP contribution in [0.15, 0.2) is 53.7 Å². The minimum atomic E-state index is -0.754. The van der Waals surface area contributed by atoms with Crippen molar-refractivity contribution in [2.24, 2.45) is 0 Å². The highest BCUT2D eigenvalue weighted by Crippen LogP contribution is 2.33. The third kappa shape index (κ3) is 5.67. The summed E-state index contributed by atoms with van der Waals surface area (Å²) in [6.45, 7) is -0.491. The first-order chi connectivity index (χ1) is 18.2. The number of carbonyl (C=O) groups is 4. The van der Waals surface area contributed by atoms with Gasteiger partial charge in [-0.2, -0.15) is 0 Å². The Kier molecular flexibility index (Phi) is 7.76. The van der Waals surface area contributed by atoms with Crippen LogP contribution in [0.5, 0.6) is 11.5 Å². The van der Waals surface area contributed by atoms with Crippen molar-refractivity contribution in [1.29, 1.82) is 0 Å². The van der Waals surface area contributed by atoms with Crippen molar-refractivity contribution >= 4 is 52.7 Å². The maximum Gasteiger partial charge on any atom is 0.338 e. The Morgan fingerprint density at radius 3 is 2.21 bits per heavy atom. The Hall–Kier alpha value is -4.65. The standard InChI is InChI=1S/C25H23N5O7S/c1-35-17-8-5-14(9-18(17)36-2)16(31)12-37-24(34)13-3-6-15(7-4-13)30-22(32)10-19(23(30)33)38-25-28-20(26)11-21(27)29-25/h3-9,11,19H,10,12H2,1-2H3,(H4,26,27,28,29).